The Labute approximate surface area is 142 Å². The predicted octanol–water partition coefficient (Wildman–Crippen LogP) is 2.96. The number of pyridine rings is 1. The van der Waals surface area contributed by atoms with Crippen molar-refractivity contribution >= 4 is 22.6 Å². The average Bonchev–Trinajstić information content (AvgIpc) is 2.55. The van der Waals surface area contributed by atoms with Crippen molar-refractivity contribution in [3.63, 3.8) is 0 Å². The van der Waals surface area contributed by atoms with Gasteiger partial charge in [-0.05, 0) is 45.2 Å². The van der Waals surface area contributed by atoms with Crippen LogP contribution < -0.4 is 10.6 Å². The number of nitrogens with zero attached hydrogens (tertiary/aromatic N) is 2. The van der Waals surface area contributed by atoms with Crippen LogP contribution >= 0.6 is 0 Å². The van der Waals surface area contributed by atoms with Gasteiger partial charge >= 0.3 is 5.97 Å². The molecular formula is C19H25N3O2. The molecule has 1 fully saturated rings. The van der Waals surface area contributed by atoms with Crippen LogP contribution in [0.1, 0.15) is 41.3 Å². The first-order valence-electron chi connectivity index (χ1n) is 8.59. The van der Waals surface area contributed by atoms with Crippen molar-refractivity contribution in [1.82, 2.24) is 4.98 Å². The fourth-order valence-corrected chi connectivity index (χ4v) is 3.47. The number of aromatic nitrogens is 1. The Morgan fingerprint density at radius 2 is 2.04 bits per heavy atom. The number of fused-ring (bicyclic) bond motifs is 1. The summed E-state index contributed by atoms with van der Waals surface area (Å²) in [5.74, 6) is -0.309. The summed E-state index contributed by atoms with van der Waals surface area (Å²) in [6.07, 6.45) is 3.51. The van der Waals surface area contributed by atoms with Crippen LogP contribution in [-0.2, 0) is 4.74 Å². The molecule has 1 aromatic carbocycles. The molecule has 1 aliphatic rings. The lowest BCUT2D eigenvalue weighted by Gasteiger charge is -2.34. The third kappa shape index (κ3) is 3.08. The highest BCUT2D eigenvalue weighted by Crippen LogP contribution is 2.34. The summed E-state index contributed by atoms with van der Waals surface area (Å²) in [6.45, 7) is 8.00. The van der Waals surface area contributed by atoms with Crippen LogP contribution in [0.2, 0.25) is 0 Å². The van der Waals surface area contributed by atoms with Crippen LogP contribution in [0.15, 0.2) is 18.3 Å². The smallest absolute Gasteiger partial charge is 0.341 e. The number of hydrogen-bond acceptors (Lipinski definition) is 5. The van der Waals surface area contributed by atoms with Crippen LogP contribution in [0.25, 0.3) is 10.9 Å². The highest BCUT2D eigenvalue weighted by Gasteiger charge is 2.25. The molecule has 0 aliphatic carbocycles. The van der Waals surface area contributed by atoms with Gasteiger partial charge in [-0.2, -0.15) is 0 Å². The number of aryl methyl sites for hydroxylation is 2. The lowest BCUT2D eigenvalue weighted by molar-refractivity contribution is 0.0526. The van der Waals surface area contributed by atoms with Crippen LogP contribution in [0.5, 0.6) is 0 Å². The first-order chi connectivity index (χ1) is 11.5. The van der Waals surface area contributed by atoms with E-state index in [4.69, 9.17) is 10.5 Å². The monoisotopic (exact) mass is 327 g/mol. The minimum atomic E-state index is -0.309. The van der Waals surface area contributed by atoms with E-state index >= 15 is 0 Å². The maximum Gasteiger partial charge on any atom is 0.341 e. The summed E-state index contributed by atoms with van der Waals surface area (Å²) < 4.78 is 5.26. The van der Waals surface area contributed by atoms with E-state index < -0.39 is 0 Å². The summed E-state index contributed by atoms with van der Waals surface area (Å²) in [5, 5.41) is 1.02. The van der Waals surface area contributed by atoms with Crippen molar-refractivity contribution in [2.45, 2.75) is 39.7 Å². The van der Waals surface area contributed by atoms with Crippen LogP contribution in [-0.4, -0.2) is 36.7 Å². The number of rotatable bonds is 3. The highest BCUT2D eigenvalue weighted by atomic mass is 16.5. The molecule has 3 rings (SSSR count). The van der Waals surface area contributed by atoms with E-state index in [1.54, 1.807) is 6.20 Å². The number of ether oxygens (including phenoxy) is 1. The molecule has 24 heavy (non-hydrogen) atoms. The molecule has 0 bridgehead atoms. The average molecular weight is 327 g/mol. The molecule has 2 aromatic rings. The van der Waals surface area contributed by atoms with E-state index in [1.807, 2.05) is 6.92 Å². The molecule has 128 valence electrons. The zero-order valence-electron chi connectivity index (χ0n) is 14.6. The third-order valence-electron chi connectivity index (χ3n) is 4.63. The number of esters is 1. The second-order valence-corrected chi connectivity index (χ2v) is 6.54. The first kappa shape index (κ1) is 16.7. The molecule has 0 radical (unpaired) electrons. The minimum Gasteiger partial charge on any atom is -0.462 e. The summed E-state index contributed by atoms with van der Waals surface area (Å²) in [4.78, 5) is 19.3. The number of anilines is 1. The second kappa shape index (κ2) is 6.77. The SMILES string of the molecule is CCOC(=O)c1cnc2c(C)cc(C)cc2c1N1CCC(N)CC1. The van der Waals surface area contributed by atoms with E-state index in [0.717, 1.165) is 53.6 Å². The van der Waals surface area contributed by atoms with Crippen molar-refractivity contribution in [1.29, 1.82) is 0 Å². The predicted molar refractivity (Wildman–Crippen MR) is 96.6 cm³/mol. The maximum atomic E-state index is 12.5. The molecule has 5 heteroatoms. The summed E-state index contributed by atoms with van der Waals surface area (Å²) in [5.41, 5.74) is 10.8. The normalized spacial score (nSPS) is 15.8. The summed E-state index contributed by atoms with van der Waals surface area (Å²) >= 11 is 0. The Kier molecular flexibility index (Phi) is 4.71. The van der Waals surface area contributed by atoms with Gasteiger partial charge in [0.05, 0.1) is 17.8 Å². The van der Waals surface area contributed by atoms with E-state index in [0.29, 0.717) is 12.2 Å². The first-order valence-corrected chi connectivity index (χ1v) is 8.59. The Morgan fingerprint density at radius 3 is 2.71 bits per heavy atom. The fourth-order valence-electron chi connectivity index (χ4n) is 3.47. The van der Waals surface area contributed by atoms with Gasteiger partial charge in [0.1, 0.15) is 5.56 Å². The lowest BCUT2D eigenvalue weighted by Crippen LogP contribution is -2.40. The second-order valence-electron chi connectivity index (χ2n) is 6.54. The number of carbonyl (C=O) groups is 1. The van der Waals surface area contributed by atoms with Crippen molar-refractivity contribution in [3.05, 3.63) is 35.0 Å². The molecule has 0 amide bonds. The fraction of sp³-hybridized carbons (Fsp3) is 0.474. The molecule has 0 spiro atoms. The van der Waals surface area contributed by atoms with E-state index in [2.05, 4.69) is 35.9 Å². The van der Waals surface area contributed by atoms with Gasteiger partial charge < -0.3 is 15.4 Å². The molecule has 1 saturated heterocycles. The van der Waals surface area contributed by atoms with Gasteiger partial charge in [0, 0.05) is 30.7 Å². The molecular weight excluding hydrogens is 302 g/mol. The Morgan fingerprint density at radius 1 is 1.33 bits per heavy atom. The van der Waals surface area contributed by atoms with E-state index in [-0.39, 0.29) is 12.0 Å². The highest BCUT2D eigenvalue weighted by molar-refractivity contribution is 6.06. The van der Waals surface area contributed by atoms with Gasteiger partial charge in [0.2, 0.25) is 0 Å². The maximum absolute atomic E-state index is 12.5. The Hall–Kier alpha value is -2.14. The van der Waals surface area contributed by atoms with Gasteiger partial charge in [-0.15, -0.1) is 0 Å². The zero-order valence-corrected chi connectivity index (χ0v) is 14.6. The molecule has 5 nitrogen and oxygen atoms in total. The van der Waals surface area contributed by atoms with Gasteiger partial charge in [0.15, 0.2) is 0 Å². The summed E-state index contributed by atoms with van der Waals surface area (Å²) in [6, 6.07) is 4.47. The number of benzene rings is 1. The third-order valence-corrected chi connectivity index (χ3v) is 4.63. The minimum absolute atomic E-state index is 0.240. The van der Waals surface area contributed by atoms with Crippen molar-refractivity contribution in [3.8, 4) is 0 Å². The standard InChI is InChI=1S/C19H25N3O2/c1-4-24-19(23)16-11-21-17-13(3)9-12(2)10-15(17)18(16)22-7-5-14(20)6-8-22/h9-11,14H,4-8,20H2,1-3H3. The molecule has 0 unspecified atom stereocenters. The number of carbonyl (C=O) groups excluding carboxylic acids is 1. The molecule has 1 aliphatic heterocycles. The number of piperidine rings is 1. The molecule has 0 atom stereocenters. The molecule has 2 heterocycles. The van der Waals surface area contributed by atoms with Gasteiger partial charge in [-0.1, -0.05) is 11.6 Å². The Bertz CT molecular complexity index is 765. The topological polar surface area (TPSA) is 68.5 Å². The van der Waals surface area contributed by atoms with Crippen LogP contribution in [0, 0.1) is 13.8 Å². The van der Waals surface area contributed by atoms with E-state index in [9.17, 15) is 4.79 Å². The largest absolute Gasteiger partial charge is 0.462 e. The Balaban J connectivity index is 2.19. The van der Waals surface area contributed by atoms with E-state index in [1.165, 1.54) is 0 Å². The molecule has 2 N–H and O–H groups in total. The van der Waals surface area contributed by atoms with Crippen LogP contribution in [0.4, 0.5) is 5.69 Å². The van der Waals surface area contributed by atoms with Crippen molar-refractivity contribution in [2.75, 3.05) is 24.6 Å². The van der Waals surface area contributed by atoms with Crippen LogP contribution in [0.3, 0.4) is 0 Å². The zero-order chi connectivity index (χ0) is 17.3. The quantitative estimate of drug-likeness (QED) is 0.878. The summed E-state index contributed by atoms with van der Waals surface area (Å²) in [7, 11) is 0. The molecule has 1 aromatic heterocycles. The number of nitrogens with two attached hydrogens (primary N) is 1. The molecule has 0 saturated carbocycles. The van der Waals surface area contributed by atoms with Crippen molar-refractivity contribution in [2.24, 2.45) is 5.73 Å². The van der Waals surface area contributed by atoms with Crippen molar-refractivity contribution < 1.29 is 9.53 Å². The van der Waals surface area contributed by atoms with Gasteiger partial charge in [-0.3, -0.25) is 4.98 Å². The van der Waals surface area contributed by atoms with Gasteiger partial charge in [-0.25, -0.2) is 4.79 Å². The van der Waals surface area contributed by atoms with Gasteiger partial charge in [0.25, 0.3) is 0 Å². The number of hydrogen-bond donors (Lipinski definition) is 1. The lowest BCUT2D eigenvalue weighted by atomic mass is 9.99.